The second-order valence-corrected chi connectivity index (χ2v) is 7.32. The number of esters is 1. The molecular weight excluding hydrogens is 306 g/mol. The average Bonchev–Trinajstić information content (AvgIpc) is 2.43. The molecule has 21 heavy (non-hydrogen) atoms. The van der Waals surface area contributed by atoms with E-state index < -0.39 is 0 Å². The van der Waals surface area contributed by atoms with Gasteiger partial charge in [-0.1, -0.05) is 32.5 Å². The van der Waals surface area contributed by atoms with Crippen LogP contribution in [0.5, 0.6) is 0 Å². The van der Waals surface area contributed by atoms with Crippen molar-refractivity contribution >= 4 is 34.3 Å². The van der Waals surface area contributed by atoms with Gasteiger partial charge in [0.1, 0.15) is 0 Å². The van der Waals surface area contributed by atoms with E-state index in [0.717, 1.165) is 0 Å². The molecule has 6 heteroatoms. The summed E-state index contributed by atoms with van der Waals surface area (Å²) in [4.78, 5) is 11.5. The fraction of sp³-hybridized carbons (Fsp3) is 0.800. The number of carbonyl (C=O) groups is 1. The van der Waals surface area contributed by atoms with Gasteiger partial charge in [-0.15, -0.1) is 0 Å². The largest absolute Gasteiger partial charge is 0.475 e. The molecule has 3 atom stereocenters. The van der Waals surface area contributed by atoms with Crippen LogP contribution in [0.3, 0.4) is 0 Å². The Morgan fingerprint density at radius 2 is 1.95 bits per heavy atom. The molecule has 0 aliphatic heterocycles. The molecule has 0 amide bonds. The first kappa shape index (κ1) is 20.2. The van der Waals surface area contributed by atoms with Crippen molar-refractivity contribution in [3.05, 3.63) is 0 Å². The van der Waals surface area contributed by atoms with Crippen LogP contribution in [0.15, 0.2) is 0 Å². The maximum absolute atomic E-state index is 11.5. The number of nitriles is 1. The monoisotopic (exact) mass is 331 g/mol. The van der Waals surface area contributed by atoms with Gasteiger partial charge in [0.05, 0.1) is 25.2 Å². The maximum Gasteiger partial charge on any atom is 0.308 e. The molecule has 0 aliphatic carbocycles. The Kier molecular flexibility index (Phi) is 10.4. The van der Waals surface area contributed by atoms with Gasteiger partial charge in [0, 0.05) is 11.7 Å². The fourth-order valence-electron chi connectivity index (χ4n) is 1.59. The summed E-state index contributed by atoms with van der Waals surface area (Å²) in [5.41, 5.74) is 0. The van der Waals surface area contributed by atoms with Gasteiger partial charge < -0.3 is 9.47 Å². The lowest BCUT2D eigenvalue weighted by Crippen LogP contribution is -2.22. The molecule has 0 aliphatic rings. The molecule has 0 fully saturated rings. The quantitative estimate of drug-likeness (QED) is 0.496. The third kappa shape index (κ3) is 8.94. The number of thioether (sulfide) groups is 1. The first-order chi connectivity index (χ1) is 9.81. The highest BCUT2D eigenvalue weighted by Gasteiger charge is 2.22. The van der Waals surface area contributed by atoms with Crippen LogP contribution in [-0.2, 0) is 14.3 Å². The second-order valence-electron chi connectivity index (χ2n) is 5.41. The van der Waals surface area contributed by atoms with Crippen molar-refractivity contribution in [1.29, 1.82) is 5.26 Å². The number of nitrogens with zero attached hydrogens (tertiary/aromatic N) is 1. The Hall–Kier alpha value is -0.800. The van der Waals surface area contributed by atoms with Crippen LogP contribution < -0.4 is 0 Å². The average molecular weight is 332 g/mol. The summed E-state index contributed by atoms with van der Waals surface area (Å²) in [5, 5.41) is 8.83. The SMILES string of the molecule is COC(=O)C(C)CC(CCC#N)SC(=S)OC(C)C(C)C. The predicted molar refractivity (Wildman–Crippen MR) is 90.0 cm³/mol. The predicted octanol–water partition coefficient (Wildman–Crippen LogP) is 3.94. The number of methoxy groups -OCH3 is 1. The topological polar surface area (TPSA) is 59.3 Å². The van der Waals surface area contributed by atoms with Crippen LogP contribution in [0.2, 0.25) is 0 Å². The van der Waals surface area contributed by atoms with Gasteiger partial charge in [0.2, 0.25) is 4.38 Å². The Bertz CT molecular complexity index is 380. The summed E-state index contributed by atoms with van der Waals surface area (Å²) in [5.74, 6) is -0.0634. The number of hydrogen-bond acceptors (Lipinski definition) is 6. The molecule has 0 bridgehead atoms. The minimum absolute atomic E-state index is 0.0552. The van der Waals surface area contributed by atoms with Gasteiger partial charge in [0.25, 0.3) is 0 Å². The molecule has 0 heterocycles. The number of carbonyl (C=O) groups excluding carboxylic acids is 1. The Morgan fingerprint density at radius 3 is 2.43 bits per heavy atom. The van der Waals surface area contributed by atoms with E-state index in [4.69, 9.17) is 27.0 Å². The van der Waals surface area contributed by atoms with Gasteiger partial charge in [-0.3, -0.25) is 4.79 Å². The van der Waals surface area contributed by atoms with Crippen molar-refractivity contribution in [3.63, 3.8) is 0 Å². The Morgan fingerprint density at radius 1 is 1.33 bits per heavy atom. The van der Waals surface area contributed by atoms with Gasteiger partial charge in [-0.2, -0.15) is 5.26 Å². The summed E-state index contributed by atoms with van der Waals surface area (Å²) >= 11 is 6.70. The van der Waals surface area contributed by atoms with Crippen molar-refractivity contribution in [2.75, 3.05) is 7.11 Å². The van der Waals surface area contributed by atoms with Crippen LogP contribution in [0.1, 0.15) is 47.0 Å². The Balaban J connectivity index is 4.51. The van der Waals surface area contributed by atoms with E-state index in [1.807, 2.05) is 13.8 Å². The lowest BCUT2D eigenvalue weighted by atomic mass is 10.0. The second kappa shape index (κ2) is 10.9. The van der Waals surface area contributed by atoms with E-state index in [-0.39, 0.29) is 23.2 Å². The zero-order valence-corrected chi connectivity index (χ0v) is 15.1. The molecule has 0 rings (SSSR count). The fourth-order valence-corrected chi connectivity index (χ4v) is 3.25. The highest BCUT2D eigenvalue weighted by Crippen LogP contribution is 2.27. The summed E-state index contributed by atoms with van der Waals surface area (Å²) in [6.07, 6.45) is 1.80. The highest BCUT2D eigenvalue weighted by molar-refractivity contribution is 8.23. The molecule has 0 N–H and O–H groups in total. The molecule has 0 saturated carbocycles. The normalized spacial score (nSPS) is 14.9. The standard InChI is InChI=1S/C15H25NO3S2/c1-10(2)12(4)19-15(20)21-13(7-6-8-16)9-11(3)14(17)18-5/h10-13H,6-7,9H2,1-5H3. The van der Waals surface area contributed by atoms with Crippen molar-refractivity contribution in [2.24, 2.45) is 11.8 Å². The van der Waals surface area contributed by atoms with Gasteiger partial charge in [0.15, 0.2) is 0 Å². The minimum atomic E-state index is -0.236. The van der Waals surface area contributed by atoms with E-state index in [1.165, 1.54) is 18.9 Å². The highest BCUT2D eigenvalue weighted by atomic mass is 32.2. The lowest BCUT2D eigenvalue weighted by Gasteiger charge is -2.22. The van der Waals surface area contributed by atoms with Crippen LogP contribution in [0.4, 0.5) is 0 Å². The smallest absolute Gasteiger partial charge is 0.308 e. The van der Waals surface area contributed by atoms with Crippen LogP contribution in [0, 0.1) is 23.2 Å². The first-order valence-corrected chi connectivity index (χ1v) is 8.42. The zero-order valence-electron chi connectivity index (χ0n) is 13.4. The van der Waals surface area contributed by atoms with Crippen LogP contribution in [0.25, 0.3) is 0 Å². The van der Waals surface area contributed by atoms with E-state index in [2.05, 4.69) is 19.9 Å². The molecule has 0 spiro atoms. The van der Waals surface area contributed by atoms with E-state index in [9.17, 15) is 4.79 Å². The molecule has 3 unspecified atom stereocenters. The Labute approximate surface area is 137 Å². The number of hydrogen-bond donors (Lipinski definition) is 0. The van der Waals surface area contributed by atoms with Crippen molar-refractivity contribution < 1.29 is 14.3 Å². The number of rotatable bonds is 8. The molecule has 0 aromatic rings. The summed E-state index contributed by atoms with van der Waals surface area (Å²) in [6, 6.07) is 2.13. The van der Waals surface area contributed by atoms with Crippen LogP contribution in [-0.4, -0.2) is 28.8 Å². The molecule has 0 aromatic carbocycles. The number of ether oxygens (including phenoxy) is 2. The third-order valence-electron chi connectivity index (χ3n) is 3.28. The minimum Gasteiger partial charge on any atom is -0.475 e. The molecule has 4 nitrogen and oxygen atoms in total. The molecule has 0 aromatic heterocycles. The molecule has 0 radical (unpaired) electrons. The van der Waals surface area contributed by atoms with Crippen LogP contribution >= 0.6 is 24.0 Å². The van der Waals surface area contributed by atoms with E-state index >= 15 is 0 Å². The number of thiocarbonyl (C=S) groups is 1. The molecule has 120 valence electrons. The lowest BCUT2D eigenvalue weighted by molar-refractivity contribution is -0.145. The van der Waals surface area contributed by atoms with Gasteiger partial charge in [-0.25, -0.2) is 0 Å². The van der Waals surface area contributed by atoms with E-state index in [1.54, 1.807) is 0 Å². The first-order valence-electron chi connectivity index (χ1n) is 7.13. The van der Waals surface area contributed by atoms with Crippen molar-refractivity contribution in [1.82, 2.24) is 0 Å². The summed E-state index contributed by atoms with van der Waals surface area (Å²) < 4.78 is 10.9. The molecular formula is C15H25NO3S2. The van der Waals surface area contributed by atoms with Crippen molar-refractivity contribution in [2.45, 2.75) is 58.3 Å². The third-order valence-corrected chi connectivity index (χ3v) is 4.72. The van der Waals surface area contributed by atoms with Crippen molar-refractivity contribution in [3.8, 4) is 6.07 Å². The van der Waals surface area contributed by atoms with E-state index in [0.29, 0.717) is 29.6 Å². The maximum atomic E-state index is 11.5. The van der Waals surface area contributed by atoms with Gasteiger partial charge in [-0.05, 0) is 37.9 Å². The summed E-state index contributed by atoms with van der Waals surface area (Å²) in [7, 11) is 1.38. The van der Waals surface area contributed by atoms with Gasteiger partial charge >= 0.3 is 5.97 Å². The summed E-state index contributed by atoms with van der Waals surface area (Å²) in [6.45, 7) is 7.96. The molecule has 0 saturated heterocycles. The zero-order chi connectivity index (χ0) is 16.4.